The van der Waals surface area contributed by atoms with Crippen molar-refractivity contribution >= 4 is 46.0 Å². The topological polar surface area (TPSA) is 18.5 Å². The van der Waals surface area contributed by atoms with E-state index < -0.39 is 0 Å². The third kappa shape index (κ3) is 6.46. The Labute approximate surface area is 177 Å². The summed E-state index contributed by atoms with van der Waals surface area (Å²) in [7, 11) is 0. The van der Waals surface area contributed by atoms with Gasteiger partial charge in [0, 0.05) is 11.4 Å². The zero-order chi connectivity index (χ0) is 19.1. The van der Waals surface area contributed by atoms with Gasteiger partial charge in [-0.1, -0.05) is 36.7 Å². The van der Waals surface area contributed by atoms with E-state index in [1.807, 2.05) is 24.3 Å². The molecule has 1 N–H and O–H groups in total. The van der Waals surface area contributed by atoms with Crippen molar-refractivity contribution in [2.45, 2.75) is 32.7 Å². The Morgan fingerprint density at radius 1 is 1.26 bits per heavy atom. The summed E-state index contributed by atoms with van der Waals surface area (Å²) in [4.78, 5) is 6.18. The summed E-state index contributed by atoms with van der Waals surface area (Å²) in [5.74, 6) is 0.879. The number of hydrogen-bond donors (Lipinski definition) is 1. The number of anilines is 1. The average molecular weight is 422 g/mol. The molecule has 3 nitrogen and oxygen atoms in total. The third-order valence-corrected chi connectivity index (χ3v) is 6.66. The molecule has 0 spiro atoms. The minimum absolute atomic E-state index is 0.693. The van der Waals surface area contributed by atoms with Gasteiger partial charge in [-0.3, -0.25) is 0 Å². The summed E-state index contributed by atoms with van der Waals surface area (Å²) in [6.07, 6.45) is 3.76. The fraction of sp³-hybridized carbons (Fsp3) is 0.476. The molecule has 2 aromatic rings. The van der Waals surface area contributed by atoms with Crippen molar-refractivity contribution in [1.29, 1.82) is 0 Å². The number of nitrogens with zero attached hydrogens (tertiary/aromatic N) is 2. The van der Waals surface area contributed by atoms with Crippen LogP contribution in [0.25, 0.3) is 0 Å². The number of halogens is 1. The van der Waals surface area contributed by atoms with Crippen LogP contribution in [0.2, 0.25) is 5.02 Å². The van der Waals surface area contributed by atoms with E-state index in [-0.39, 0.29) is 0 Å². The molecule has 0 aliphatic carbocycles. The highest BCUT2D eigenvalue weighted by Crippen LogP contribution is 2.22. The number of nitrogens with one attached hydrogen (secondary N) is 1. The Hall–Kier alpha value is -1.14. The number of likely N-dealkylation sites (tertiary alicyclic amines) is 1. The first-order valence-corrected chi connectivity index (χ1v) is 11.3. The van der Waals surface area contributed by atoms with Crippen molar-refractivity contribution in [1.82, 2.24) is 9.80 Å². The zero-order valence-corrected chi connectivity index (χ0v) is 18.3. The van der Waals surface area contributed by atoms with Gasteiger partial charge in [-0.15, -0.1) is 11.3 Å². The van der Waals surface area contributed by atoms with Crippen molar-refractivity contribution in [3.63, 3.8) is 0 Å². The van der Waals surface area contributed by atoms with Crippen LogP contribution in [0.15, 0.2) is 41.8 Å². The molecule has 1 aliphatic rings. The Bertz CT molecular complexity index is 712. The normalized spacial score (nSPS) is 15.6. The van der Waals surface area contributed by atoms with Crippen LogP contribution < -0.4 is 5.32 Å². The summed E-state index contributed by atoms with van der Waals surface area (Å²) in [6, 6.07) is 12.0. The maximum atomic E-state index is 6.29. The van der Waals surface area contributed by atoms with Gasteiger partial charge >= 0.3 is 0 Å². The number of benzene rings is 1. The molecule has 0 unspecified atom stereocenters. The number of thiocarbonyl (C=S) groups is 1. The van der Waals surface area contributed by atoms with Crippen molar-refractivity contribution < 1.29 is 0 Å². The predicted octanol–water partition coefficient (Wildman–Crippen LogP) is 5.72. The largest absolute Gasteiger partial charge is 0.344 e. The molecule has 2 heterocycles. The molecule has 3 rings (SSSR count). The maximum Gasteiger partial charge on any atom is 0.173 e. The van der Waals surface area contributed by atoms with Gasteiger partial charge in [-0.05, 0) is 80.6 Å². The van der Waals surface area contributed by atoms with Gasteiger partial charge in [0.15, 0.2) is 5.11 Å². The number of para-hydroxylation sites is 1. The van der Waals surface area contributed by atoms with Gasteiger partial charge in [0.1, 0.15) is 0 Å². The van der Waals surface area contributed by atoms with Crippen LogP contribution in [0.4, 0.5) is 5.69 Å². The molecule has 1 aliphatic heterocycles. The van der Waals surface area contributed by atoms with Crippen molar-refractivity contribution in [3.05, 3.63) is 51.7 Å². The van der Waals surface area contributed by atoms with E-state index in [2.05, 4.69) is 39.6 Å². The molecule has 27 heavy (non-hydrogen) atoms. The second-order valence-corrected chi connectivity index (χ2v) is 9.11. The maximum absolute atomic E-state index is 6.29. The lowest BCUT2D eigenvalue weighted by molar-refractivity contribution is 0.186. The van der Waals surface area contributed by atoms with E-state index in [4.69, 9.17) is 23.8 Å². The van der Waals surface area contributed by atoms with E-state index in [0.717, 1.165) is 42.8 Å². The number of piperidine rings is 1. The number of thiophene rings is 1. The van der Waals surface area contributed by atoms with E-state index in [1.165, 1.54) is 30.8 Å². The first kappa shape index (κ1) is 20.6. The van der Waals surface area contributed by atoms with E-state index in [1.54, 1.807) is 11.3 Å². The Morgan fingerprint density at radius 3 is 2.74 bits per heavy atom. The van der Waals surface area contributed by atoms with Crippen molar-refractivity contribution in [3.8, 4) is 0 Å². The lowest BCUT2D eigenvalue weighted by Crippen LogP contribution is -2.38. The molecule has 1 fully saturated rings. The molecule has 6 heteroatoms. The SMILES string of the molecule is CC1CCN(CCCN(Cc2cccs2)C(=S)Nc2ccccc2Cl)CC1. The van der Waals surface area contributed by atoms with Crippen LogP contribution in [-0.4, -0.2) is 41.1 Å². The summed E-state index contributed by atoms with van der Waals surface area (Å²) in [5, 5.41) is 6.88. The Kier molecular flexibility index (Phi) is 7.94. The second-order valence-electron chi connectivity index (χ2n) is 7.29. The summed E-state index contributed by atoms with van der Waals surface area (Å²) >= 11 is 13.8. The van der Waals surface area contributed by atoms with E-state index in [9.17, 15) is 0 Å². The van der Waals surface area contributed by atoms with Gasteiger partial charge in [0.05, 0.1) is 17.3 Å². The highest BCUT2D eigenvalue weighted by atomic mass is 35.5. The van der Waals surface area contributed by atoms with Gasteiger partial charge in [0.2, 0.25) is 0 Å². The molecular weight excluding hydrogens is 394 g/mol. The van der Waals surface area contributed by atoms with Crippen LogP contribution in [0.5, 0.6) is 0 Å². The van der Waals surface area contributed by atoms with Gasteiger partial charge in [-0.2, -0.15) is 0 Å². The number of hydrogen-bond acceptors (Lipinski definition) is 3. The quantitative estimate of drug-likeness (QED) is 0.575. The van der Waals surface area contributed by atoms with Crippen LogP contribution in [0, 0.1) is 5.92 Å². The van der Waals surface area contributed by atoms with Crippen LogP contribution in [0.1, 0.15) is 31.1 Å². The molecule has 146 valence electrons. The minimum atomic E-state index is 0.693. The molecule has 1 aromatic carbocycles. The minimum Gasteiger partial charge on any atom is -0.344 e. The van der Waals surface area contributed by atoms with Gasteiger partial charge in [-0.25, -0.2) is 0 Å². The average Bonchev–Trinajstić information content (AvgIpc) is 3.17. The van der Waals surface area contributed by atoms with Gasteiger partial charge < -0.3 is 15.1 Å². The van der Waals surface area contributed by atoms with Crippen LogP contribution in [0.3, 0.4) is 0 Å². The van der Waals surface area contributed by atoms with Crippen LogP contribution in [-0.2, 0) is 6.54 Å². The molecule has 0 radical (unpaired) electrons. The number of rotatable bonds is 7. The van der Waals surface area contributed by atoms with Crippen molar-refractivity contribution in [2.24, 2.45) is 5.92 Å². The molecule has 0 atom stereocenters. The second kappa shape index (κ2) is 10.4. The lowest BCUT2D eigenvalue weighted by Gasteiger charge is -2.31. The summed E-state index contributed by atoms with van der Waals surface area (Å²) in [6.45, 7) is 7.75. The molecule has 0 amide bonds. The molecule has 0 bridgehead atoms. The highest BCUT2D eigenvalue weighted by Gasteiger charge is 2.17. The Balaban J connectivity index is 1.56. The fourth-order valence-corrected chi connectivity index (χ4v) is 4.54. The monoisotopic (exact) mass is 421 g/mol. The first-order chi connectivity index (χ1) is 13.1. The van der Waals surface area contributed by atoms with Gasteiger partial charge in [0.25, 0.3) is 0 Å². The predicted molar refractivity (Wildman–Crippen MR) is 122 cm³/mol. The van der Waals surface area contributed by atoms with E-state index >= 15 is 0 Å². The smallest absolute Gasteiger partial charge is 0.173 e. The standard InChI is InChI=1S/C21H28ClN3S2/c1-17-9-13-24(14-10-17)11-5-12-25(16-18-6-4-15-27-18)21(26)23-20-8-3-2-7-19(20)22/h2-4,6-8,15,17H,5,9-14,16H2,1H3,(H,23,26). The fourth-order valence-electron chi connectivity index (χ4n) is 3.37. The van der Waals surface area contributed by atoms with E-state index in [0.29, 0.717) is 5.02 Å². The molecule has 1 aromatic heterocycles. The Morgan fingerprint density at radius 2 is 2.04 bits per heavy atom. The third-order valence-electron chi connectivity index (χ3n) is 5.11. The molecule has 1 saturated heterocycles. The first-order valence-electron chi connectivity index (χ1n) is 9.67. The van der Waals surface area contributed by atoms with Crippen LogP contribution >= 0.6 is 35.2 Å². The molecular formula is C21H28ClN3S2. The summed E-state index contributed by atoms with van der Waals surface area (Å²) < 4.78 is 0. The summed E-state index contributed by atoms with van der Waals surface area (Å²) in [5.41, 5.74) is 0.866. The molecule has 0 saturated carbocycles. The lowest BCUT2D eigenvalue weighted by atomic mass is 9.99. The van der Waals surface area contributed by atoms with Crippen molar-refractivity contribution in [2.75, 3.05) is 31.5 Å². The zero-order valence-electron chi connectivity index (χ0n) is 15.9. The highest BCUT2D eigenvalue weighted by molar-refractivity contribution is 7.80.